The number of hydrogen-bond acceptors (Lipinski definition) is 2. The van der Waals surface area contributed by atoms with Crippen LogP contribution in [0, 0.1) is 12.7 Å². The lowest BCUT2D eigenvalue weighted by Gasteiger charge is -2.09. The van der Waals surface area contributed by atoms with Gasteiger partial charge in [-0.15, -0.1) is 0 Å². The summed E-state index contributed by atoms with van der Waals surface area (Å²) in [6, 6.07) is 18.3. The fraction of sp³-hybridized carbons (Fsp3) is 0.0500. The number of aryl methyl sites for hydroxylation is 1. The highest BCUT2D eigenvalue weighted by atomic mass is 35.5. The maximum atomic E-state index is 13.1. The fourth-order valence-electron chi connectivity index (χ4n) is 2.22. The first-order chi connectivity index (χ1) is 12.0. The molecule has 0 saturated heterocycles. The summed E-state index contributed by atoms with van der Waals surface area (Å²) in [5, 5.41) is 2.78. The monoisotopic (exact) mass is 355 g/mol. The van der Waals surface area contributed by atoms with Crippen LogP contribution in [-0.4, -0.2) is 5.91 Å². The van der Waals surface area contributed by atoms with Crippen molar-refractivity contribution >= 4 is 23.2 Å². The Bertz CT molecular complexity index is 893. The third-order valence-corrected chi connectivity index (χ3v) is 3.86. The van der Waals surface area contributed by atoms with Gasteiger partial charge in [-0.05, 0) is 61.5 Å². The van der Waals surface area contributed by atoms with Crippen LogP contribution in [0.3, 0.4) is 0 Å². The highest BCUT2D eigenvalue weighted by Gasteiger charge is 2.11. The number of benzene rings is 3. The average molecular weight is 356 g/mol. The van der Waals surface area contributed by atoms with Gasteiger partial charge in [0, 0.05) is 5.69 Å². The van der Waals surface area contributed by atoms with Crippen LogP contribution in [0.4, 0.5) is 10.1 Å². The van der Waals surface area contributed by atoms with E-state index in [1.807, 2.05) is 31.2 Å². The summed E-state index contributed by atoms with van der Waals surface area (Å²) in [4.78, 5) is 12.2. The second-order valence-corrected chi connectivity index (χ2v) is 5.92. The number of halogens is 2. The zero-order chi connectivity index (χ0) is 17.8. The summed E-state index contributed by atoms with van der Waals surface area (Å²) in [7, 11) is 0. The van der Waals surface area contributed by atoms with Crippen LogP contribution in [0.15, 0.2) is 66.7 Å². The summed E-state index contributed by atoms with van der Waals surface area (Å²) in [5.41, 5.74) is 1.95. The largest absolute Gasteiger partial charge is 0.457 e. The molecule has 0 saturated carbocycles. The molecule has 3 rings (SSSR count). The molecule has 0 aromatic heterocycles. The molecular weight excluding hydrogens is 341 g/mol. The number of hydrogen-bond donors (Lipinski definition) is 1. The number of amides is 1. The van der Waals surface area contributed by atoms with E-state index in [1.165, 1.54) is 12.1 Å². The number of rotatable bonds is 4. The SMILES string of the molecule is Cc1ccc(Oc2ccc(NC(=O)c3ccc(F)cc3Cl)cc2)cc1. The van der Waals surface area contributed by atoms with E-state index in [0.29, 0.717) is 11.4 Å². The van der Waals surface area contributed by atoms with Gasteiger partial charge in [-0.25, -0.2) is 4.39 Å². The van der Waals surface area contributed by atoms with Crippen LogP contribution in [0.25, 0.3) is 0 Å². The van der Waals surface area contributed by atoms with E-state index >= 15 is 0 Å². The van der Waals surface area contributed by atoms with Crippen molar-refractivity contribution in [3.05, 3.63) is 88.7 Å². The number of anilines is 1. The molecule has 0 spiro atoms. The molecule has 3 aromatic rings. The average Bonchev–Trinajstić information content (AvgIpc) is 2.58. The summed E-state index contributed by atoms with van der Waals surface area (Å²) < 4.78 is 18.8. The maximum absolute atomic E-state index is 13.1. The second kappa shape index (κ2) is 7.36. The first-order valence-corrected chi connectivity index (χ1v) is 8.00. The van der Waals surface area contributed by atoms with Crippen molar-refractivity contribution in [1.29, 1.82) is 0 Å². The van der Waals surface area contributed by atoms with Crippen molar-refractivity contribution in [3.63, 3.8) is 0 Å². The number of carbonyl (C=O) groups is 1. The van der Waals surface area contributed by atoms with Crippen molar-refractivity contribution in [2.45, 2.75) is 6.92 Å². The topological polar surface area (TPSA) is 38.3 Å². The van der Waals surface area contributed by atoms with Gasteiger partial charge in [0.25, 0.3) is 5.91 Å². The molecule has 3 aromatic carbocycles. The molecule has 126 valence electrons. The first-order valence-electron chi connectivity index (χ1n) is 7.62. The zero-order valence-corrected chi connectivity index (χ0v) is 14.2. The van der Waals surface area contributed by atoms with Crippen LogP contribution in [0.5, 0.6) is 11.5 Å². The highest BCUT2D eigenvalue weighted by Crippen LogP contribution is 2.24. The Kier molecular flexibility index (Phi) is 5.00. The third-order valence-electron chi connectivity index (χ3n) is 3.54. The molecule has 1 amide bonds. The van der Waals surface area contributed by atoms with E-state index < -0.39 is 11.7 Å². The van der Waals surface area contributed by atoms with Crippen molar-refractivity contribution in [3.8, 4) is 11.5 Å². The van der Waals surface area contributed by atoms with E-state index in [2.05, 4.69) is 5.32 Å². The Labute approximate surface area is 150 Å². The Morgan fingerprint density at radius 3 is 2.16 bits per heavy atom. The van der Waals surface area contributed by atoms with Crippen LogP contribution in [-0.2, 0) is 0 Å². The highest BCUT2D eigenvalue weighted by molar-refractivity contribution is 6.34. The van der Waals surface area contributed by atoms with Gasteiger partial charge in [0.15, 0.2) is 0 Å². The molecule has 0 atom stereocenters. The molecule has 0 fully saturated rings. The minimum absolute atomic E-state index is 0.0665. The Morgan fingerprint density at radius 1 is 0.960 bits per heavy atom. The number of ether oxygens (including phenoxy) is 1. The van der Waals surface area contributed by atoms with E-state index in [0.717, 1.165) is 17.4 Å². The van der Waals surface area contributed by atoms with Gasteiger partial charge < -0.3 is 10.1 Å². The molecule has 1 N–H and O–H groups in total. The van der Waals surface area contributed by atoms with Crippen LogP contribution < -0.4 is 10.1 Å². The molecule has 25 heavy (non-hydrogen) atoms. The first kappa shape index (κ1) is 17.0. The van der Waals surface area contributed by atoms with Crippen molar-refractivity contribution in [2.75, 3.05) is 5.32 Å². The predicted molar refractivity (Wildman–Crippen MR) is 97.1 cm³/mol. The van der Waals surface area contributed by atoms with Gasteiger partial charge in [0.1, 0.15) is 17.3 Å². The van der Waals surface area contributed by atoms with E-state index in [-0.39, 0.29) is 10.6 Å². The van der Waals surface area contributed by atoms with Gasteiger partial charge in [0.05, 0.1) is 10.6 Å². The molecule has 3 nitrogen and oxygen atoms in total. The fourth-order valence-corrected chi connectivity index (χ4v) is 2.47. The third kappa shape index (κ3) is 4.37. The van der Waals surface area contributed by atoms with Crippen molar-refractivity contribution in [2.24, 2.45) is 0 Å². The van der Waals surface area contributed by atoms with Crippen LogP contribution in [0.2, 0.25) is 5.02 Å². The molecule has 0 radical (unpaired) electrons. The standard InChI is InChI=1S/C20H15ClFNO2/c1-13-2-7-16(8-3-13)25-17-9-5-15(6-10-17)23-20(24)18-11-4-14(22)12-19(18)21/h2-12H,1H3,(H,23,24). The summed E-state index contributed by atoms with van der Waals surface area (Å²) in [6.07, 6.45) is 0. The van der Waals surface area contributed by atoms with E-state index in [9.17, 15) is 9.18 Å². The Morgan fingerprint density at radius 2 is 1.56 bits per heavy atom. The summed E-state index contributed by atoms with van der Waals surface area (Å²) >= 11 is 5.90. The van der Waals surface area contributed by atoms with Crippen LogP contribution >= 0.6 is 11.6 Å². The number of nitrogens with one attached hydrogen (secondary N) is 1. The molecule has 0 bridgehead atoms. The zero-order valence-electron chi connectivity index (χ0n) is 13.4. The second-order valence-electron chi connectivity index (χ2n) is 5.52. The normalized spacial score (nSPS) is 10.4. The molecule has 0 aliphatic rings. The van der Waals surface area contributed by atoms with Gasteiger partial charge in [-0.2, -0.15) is 0 Å². The number of carbonyl (C=O) groups excluding carboxylic acids is 1. The Balaban J connectivity index is 1.67. The predicted octanol–water partition coefficient (Wildman–Crippen LogP) is 5.83. The molecule has 0 heterocycles. The van der Waals surface area contributed by atoms with Crippen LogP contribution in [0.1, 0.15) is 15.9 Å². The maximum Gasteiger partial charge on any atom is 0.257 e. The van der Waals surface area contributed by atoms with E-state index in [1.54, 1.807) is 24.3 Å². The smallest absolute Gasteiger partial charge is 0.257 e. The molecular formula is C20H15ClFNO2. The lowest BCUT2D eigenvalue weighted by molar-refractivity contribution is 0.102. The summed E-state index contributed by atoms with van der Waals surface area (Å²) in [5.74, 6) is 0.499. The lowest BCUT2D eigenvalue weighted by Crippen LogP contribution is -2.12. The van der Waals surface area contributed by atoms with Gasteiger partial charge >= 0.3 is 0 Å². The molecule has 0 aliphatic carbocycles. The molecule has 5 heteroatoms. The van der Waals surface area contributed by atoms with Gasteiger partial charge in [0.2, 0.25) is 0 Å². The molecule has 0 unspecified atom stereocenters. The van der Waals surface area contributed by atoms with Crippen molar-refractivity contribution in [1.82, 2.24) is 0 Å². The minimum atomic E-state index is -0.487. The quantitative estimate of drug-likeness (QED) is 0.639. The summed E-state index contributed by atoms with van der Waals surface area (Å²) in [6.45, 7) is 2.01. The van der Waals surface area contributed by atoms with E-state index in [4.69, 9.17) is 16.3 Å². The lowest BCUT2D eigenvalue weighted by atomic mass is 10.2. The Hall–Kier alpha value is -2.85. The minimum Gasteiger partial charge on any atom is -0.457 e. The van der Waals surface area contributed by atoms with Crippen molar-refractivity contribution < 1.29 is 13.9 Å². The van der Waals surface area contributed by atoms with Gasteiger partial charge in [-0.3, -0.25) is 4.79 Å². The van der Waals surface area contributed by atoms with Gasteiger partial charge in [-0.1, -0.05) is 29.3 Å². The molecule has 0 aliphatic heterocycles.